The minimum Gasteiger partial charge on any atom is -0.496 e. The second-order valence-electron chi connectivity index (χ2n) is 5.22. The first kappa shape index (κ1) is 17.5. The maximum atomic E-state index is 12.0. The fourth-order valence-electron chi connectivity index (χ4n) is 2.40. The normalized spacial score (nSPS) is 12.0. The lowest BCUT2D eigenvalue weighted by Gasteiger charge is -2.20. The second-order valence-corrected chi connectivity index (χ2v) is 5.22. The summed E-state index contributed by atoms with van der Waals surface area (Å²) < 4.78 is 5.37. The van der Waals surface area contributed by atoms with Gasteiger partial charge in [0.15, 0.2) is 0 Å². The van der Waals surface area contributed by atoms with Crippen LogP contribution in [0, 0.1) is 0 Å². The Hall–Kier alpha value is -1.55. The van der Waals surface area contributed by atoms with Crippen LogP contribution in [0.25, 0.3) is 0 Å². The minimum atomic E-state index is 0.0118. The number of benzene rings is 1. The lowest BCUT2D eigenvalue weighted by Crippen LogP contribution is -2.28. The van der Waals surface area contributed by atoms with Gasteiger partial charge in [-0.25, -0.2) is 0 Å². The number of unbranched alkanes of at least 4 members (excludes halogenated alkanes) is 3. The largest absolute Gasteiger partial charge is 0.496 e. The van der Waals surface area contributed by atoms with Gasteiger partial charge in [0.1, 0.15) is 5.75 Å². The molecule has 0 heterocycles. The van der Waals surface area contributed by atoms with Gasteiger partial charge in [0.05, 0.1) is 13.2 Å². The van der Waals surface area contributed by atoms with Crippen molar-refractivity contribution in [1.29, 1.82) is 0 Å². The van der Waals surface area contributed by atoms with Crippen LogP contribution in [0.2, 0.25) is 0 Å². The molecule has 4 nitrogen and oxygen atoms in total. The molecule has 0 saturated carbocycles. The van der Waals surface area contributed by atoms with E-state index in [-0.39, 0.29) is 11.9 Å². The zero-order valence-corrected chi connectivity index (χ0v) is 13.2. The summed E-state index contributed by atoms with van der Waals surface area (Å²) >= 11 is 0. The average Bonchev–Trinajstić information content (AvgIpc) is 2.52. The Morgan fingerprint density at radius 1 is 1.24 bits per heavy atom. The van der Waals surface area contributed by atoms with Crippen LogP contribution in [0.3, 0.4) is 0 Å². The summed E-state index contributed by atoms with van der Waals surface area (Å²) in [4.78, 5) is 12.0. The molecule has 0 saturated heterocycles. The van der Waals surface area contributed by atoms with E-state index in [1.807, 2.05) is 24.3 Å². The van der Waals surface area contributed by atoms with Crippen LogP contribution in [0.5, 0.6) is 5.75 Å². The van der Waals surface area contributed by atoms with E-state index in [1.54, 1.807) is 7.11 Å². The number of hydrogen-bond donors (Lipinski definition) is 2. The first-order valence-corrected chi connectivity index (χ1v) is 7.85. The number of para-hydroxylation sites is 1. The summed E-state index contributed by atoms with van der Waals surface area (Å²) in [5, 5.41) is 3.10. The number of amides is 1. The number of carbonyl (C=O) groups is 1. The van der Waals surface area contributed by atoms with Gasteiger partial charge in [-0.3, -0.25) is 4.79 Å². The third kappa shape index (κ3) is 6.17. The highest BCUT2D eigenvalue weighted by Gasteiger charge is 2.16. The van der Waals surface area contributed by atoms with E-state index in [0.717, 1.165) is 50.0 Å². The number of nitrogens with one attached hydrogen (secondary N) is 1. The molecule has 1 atom stereocenters. The van der Waals surface area contributed by atoms with Crippen LogP contribution < -0.4 is 15.8 Å². The monoisotopic (exact) mass is 292 g/mol. The summed E-state index contributed by atoms with van der Waals surface area (Å²) in [6.45, 7) is 2.80. The predicted molar refractivity (Wildman–Crippen MR) is 86.3 cm³/mol. The van der Waals surface area contributed by atoms with E-state index in [4.69, 9.17) is 10.5 Å². The van der Waals surface area contributed by atoms with E-state index in [0.29, 0.717) is 6.42 Å². The van der Waals surface area contributed by atoms with E-state index in [9.17, 15) is 4.79 Å². The van der Waals surface area contributed by atoms with Gasteiger partial charge >= 0.3 is 0 Å². The molecular weight excluding hydrogens is 264 g/mol. The molecule has 0 bridgehead atoms. The van der Waals surface area contributed by atoms with Crippen molar-refractivity contribution in [3.05, 3.63) is 29.8 Å². The van der Waals surface area contributed by atoms with Crippen molar-refractivity contribution in [3.63, 3.8) is 0 Å². The summed E-state index contributed by atoms with van der Waals surface area (Å²) in [5.74, 6) is 0.938. The summed E-state index contributed by atoms with van der Waals surface area (Å²) in [7, 11) is 1.66. The van der Waals surface area contributed by atoms with Gasteiger partial charge in [-0.1, -0.05) is 38.0 Å². The first-order chi connectivity index (χ1) is 10.2. The highest BCUT2D eigenvalue weighted by atomic mass is 16.5. The zero-order valence-electron chi connectivity index (χ0n) is 13.2. The molecule has 1 aromatic carbocycles. The Kier molecular flexibility index (Phi) is 8.51. The van der Waals surface area contributed by atoms with E-state index in [2.05, 4.69) is 12.2 Å². The van der Waals surface area contributed by atoms with Gasteiger partial charge in [-0.15, -0.1) is 0 Å². The Bertz CT molecular complexity index is 421. The second kappa shape index (κ2) is 10.2. The van der Waals surface area contributed by atoms with Gasteiger partial charge in [0.25, 0.3) is 0 Å². The van der Waals surface area contributed by atoms with Gasteiger partial charge < -0.3 is 15.8 Å². The summed E-state index contributed by atoms with van der Waals surface area (Å²) in [6, 6.07) is 7.86. The molecule has 0 radical (unpaired) electrons. The highest BCUT2D eigenvalue weighted by molar-refractivity contribution is 5.76. The molecule has 0 aliphatic rings. The van der Waals surface area contributed by atoms with Crippen LogP contribution in [0.1, 0.15) is 57.1 Å². The van der Waals surface area contributed by atoms with E-state index < -0.39 is 0 Å². The van der Waals surface area contributed by atoms with E-state index in [1.165, 1.54) is 0 Å². The molecule has 1 rings (SSSR count). The molecule has 1 unspecified atom stereocenters. The Morgan fingerprint density at radius 3 is 2.62 bits per heavy atom. The molecule has 0 aromatic heterocycles. The fraction of sp³-hybridized carbons (Fsp3) is 0.588. The minimum absolute atomic E-state index is 0.0118. The summed E-state index contributed by atoms with van der Waals surface area (Å²) in [5.41, 5.74) is 6.50. The lowest BCUT2D eigenvalue weighted by molar-refractivity contribution is -0.122. The van der Waals surface area contributed by atoms with Crippen molar-refractivity contribution in [3.8, 4) is 5.75 Å². The molecule has 0 aliphatic heterocycles. The molecule has 118 valence electrons. The maximum Gasteiger partial charge on any atom is 0.220 e. The van der Waals surface area contributed by atoms with Crippen LogP contribution in [0.4, 0.5) is 0 Å². The smallest absolute Gasteiger partial charge is 0.220 e. The molecule has 0 spiro atoms. The topological polar surface area (TPSA) is 64.4 Å². The van der Waals surface area contributed by atoms with Crippen molar-refractivity contribution in [2.24, 2.45) is 5.73 Å². The molecule has 1 amide bonds. The predicted octanol–water partition coefficient (Wildman–Crippen LogP) is 3.17. The number of hydrogen-bond acceptors (Lipinski definition) is 3. The Morgan fingerprint density at radius 2 is 1.95 bits per heavy atom. The standard InChI is InChI=1S/C17H28N2O2/c1-3-15(14-10-7-8-11-16(14)21-2)19-17(20)12-6-4-5-9-13-18/h7-8,10-11,15H,3-6,9,12-13,18H2,1-2H3,(H,19,20). The molecule has 3 N–H and O–H groups in total. The first-order valence-electron chi connectivity index (χ1n) is 7.85. The van der Waals surface area contributed by atoms with Crippen molar-refractivity contribution in [2.75, 3.05) is 13.7 Å². The van der Waals surface area contributed by atoms with Gasteiger partial charge in [0.2, 0.25) is 5.91 Å². The molecule has 0 fully saturated rings. The van der Waals surface area contributed by atoms with Crippen LogP contribution in [-0.4, -0.2) is 19.6 Å². The van der Waals surface area contributed by atoms with Crippen molar-refractivity contribution >= 4 is 5.91 Å². The van der Waals surface area contributed by atoms with Crippen LogP contribution in [0.15, 0.2) is 24.3 Å². The number of rotatable bonds is 10. The van der Waals surface area contributed by atoms with Crippen LogP contribution in [-0.2, 0) is 4.79 Å². The molecule has 1 aromatic rings. The zero-order chi connectivity index (χ0) is 15.5. The number of carbonyl (C=O) groups excluding carboxylic acids is 1. The molecule has 0 aliphatic carbocycles. The van der Waals surface area contributed by atoms with Crippen molar-refractivity contribution < 1.29 is 9.53 Å². The van der Waals surface area contributed by atoms with Crippen molar-refractivity contribution in [2.45, 2.75) is 51.5 Å². The van der Waals surface area contributed by atoms with E-state index >= 15 is 0 Å². The van der Waals surface area contributed by atoms with Gasteiger partial charge in [-0.2, -0.15) is 0 Å². The molecule has 21 heavy (non-hydrogen) atoms. The maximum absolute atomic E-state index is 12.0. The van der Waals surface area contributed by atoms with Crippen LogP contribution >= 0.6 is 0 Å². The molecular formula is C17H28N2O2. The van der Waals surface area contributed by atoms with Crippen molar-refractivity contribution in [1.82, 2.24) is 5.32 Å². The SMILES string of the molecule is CCC(NC(=O)CCCCCCN)c1ccccc1OC. The lowest BCUT2D eigenvalue weighted by atomic mass is 10.0. The Labute approximate surface area is 128 Å². The Balaban J connectivity index is 2.48. The number of methoxy groups -OCH3 is 1. The summed E-state index contributed by atoms with van der Waals surface area (Å²) in [6.07, 6.45) is 5.56. The number of nitrogens with two attached hydrogens (primary N) is 1. The van der Waals surface area contributed by atoms with Gasteiger partial charge in [0, 0.05) is 12.0 Å². The van der Waals surface area contributed by atoms with Gasteiger partial charge in [-0.05, 0) is 31.9 Å². The third-order valence-corrected chi connectivity index (χ3v) is 3.62. The fourth-order valence-corrected chi connectivity index (χ4v) is 2.40. The molecule has 4 heteroatoms. The average molecular weight is 292 g/mol. The third-order valence-electron chi connectivity index (χ3n) is 3.62. The number of ether oxygens (including phenoxy) is 1. The quantitative estimate of drug-likeness (QED) is 0.651. The highest BCUT2D eigenvalue weighted by Crippen LogP contribution is 2.26.